The molecular formula is C30H36N3O4P. The lowest BCUT2D eigenvalue weighted by Crippen LogP contribution is -2.18. The summed E-state index contributed by atoms with van der Waals surface area (Å²) in [4.78, 5) is 10.3. The highest BCUT2D eigenvalue weighted by molar-refractivity contribution is 7.62. The Labute approximate surface area is 224 Å². The van der Waals surface area contributed by atoms with E-state index in [2.05, 4.69) is 36.0 Å². The molecule has 0 aliphatic carbocycles. The second-order valence-electron chi connectivity index (χ2n) is 9.14. The summed E-state index contributed by atoms with van der Waals surface area (Å²) in [6, 6.07) is 23.1. The van der Waals surface area contributed by atoms with Gasteiger partial charge >= 0.3 is 7.60 Å². The maximum Gasteiger partial charge on any atom is 0.361 e. The molecule has 0 bridgehead atoms. The Morgan fingerprint density at radius 1 is 0.974 bits per heavy atom. The van der Waals surface area contributed by atoms with Gasteiger partial charge in [-0.3, -0.25) is 4.57 Å². The van der Waals surface area contributed by atoms with E-state index in [9.17, 15) is 9.67 Å². The maximum absolute atomic E-state index is 13.5. The number of nitrogens with zero attached hydrogens (tertiary/aromatic N) is 2. The summed E-state index contributed by atoms with van der Waals surface area (Å²) in [7, 11) is -1.40. The average molecular weight is 534 g/mol. The Hall–Kier alpha value is -3.22. The summed E-state index contributed by atoms with van der Waals surface area (Å²) in [6.45, 7) is 8.16. The summed E-state index contributed by atoms with van der Waals surface area (Å²) in [5.74, 6) is -0.0137. The van der Waals surface area contributed by atoms with Gasteiger partial charge in [-0.25, -0.2) is 4.99 Å². The Balaban J connectivity index is 1.83. The van der Waals surface area contributed by atoms with Crippen LogP contribution in [0.2, 0.25) is 0 Å². The molecule has 8 heteroatoms. The number of fused-ring (bicyclic) bond motifs is 1. The lowest BCUT2D eigenvalue weighted by atomic mass is 10.0. The van der Waals surface area contributed by atoms with Crippen LogP contribution in [0, 0.1) is 0 Å². The van der Waals surface area contributed by atoms with Gasteiger partial charge in [-0.05, 0) is 69.8 Å². The van der Waals surface area contributed by atoms with Crippen LogP contribution in [-0.2, 0) is 20.2 Å². The van der Waals surface area contributed by atoms with Crippen molar-refractivity contribution in [1.29, 1.82) is 0 Å². The molecule has 0 amide bonds. The lowest BCUT2D eigenvalue weighted by molar-refractivity contribution is 0.230. The van der Waals surface area contributed by atoms with Gasteiger partial charge in [-0.1, -0.05) is 49.4 Å². The van der Waals surface area contributed by atoms with Crippen molar-refractivity contribution in [2.45, 2.75) is 33.7 Å². The first-order chi connectivity index (χ1) is 18.4. The molecule has 200 valence electrons. The second-order valence-corrected chi connectivity index (χ2v) is 11.2. The fraction of sp³-hybridized carbons (Fsp3) is 0.300. The third-order valence-electron chi connectivity index (χ3n) is 6.20. The largest absolute Gasteiger partial charge is 0.494 e. The van der Waals surface area contributed by atoms with Gasteiger partial charge in [0, 0.05) is 23.0 Å². The molecule has 1 heterocycles. The molecule has 0 fully saturated rings. The number of benzene rings is 3. The molecule has 0 radical (unpaired) electrons. The molecule has 0 unspecified atom stereocenters. The van der Waals surface area contributed by atoms with E-state index in [0.717, 1.165) is 30.8 Å². The number of hydrogen-bond acceptors (Lipinski definition) is 6. The van der Waals surface area contributed by atoms with Crippen molar-refractivity contribution in [3.63, 3.8) is 0 Å². The van der Waals surface area contributed by atoms with Crippen molar-refractivity contribution in [2.75, 3.05) is 26.8 Å². The van der Waals surface area contributed by atoms with Crippen LogP contribution in [0.3, 0.4) is 0 Å². The topological polar surface area (TPSA) is 87.2 Å². The van der Waals surface area contributed by atoms with Crippen LogP contribution < -0.4 is 5.30 Å². The molecule has 0 atom stereocenters. The zero-order chi connectivity index (χ0) is 27.1. The molecule has 1 aromatic heterocycles. The normalized spacial score (nSPS) is 12.5. The number of aromatic nitrogens is 1. The number of aliphatic imine (C=N–C) groups is 1. The maximum atomic E-state index is 13.5. The number of hydrogen-bond donors (Lipinski definition) is 2. The summed E-state index contributed by atoms with van der Waals surface area (Å²) >= 11 is 0. The van der Waals surface area contributed by atoms with E-state index >= 15 is 0 Å². The quantitative estimate of drug-likeness (QED) is 0.155. The fourth-order valence-corrected chi connectivity index (χ4v) is 6.14. The lowest BCUT2D eigenvalue weighted by Gasteiger charge is -2.17. The predicted molar refractivity (Wildman–Crippen MR) is 155 cm³/mol. The van der Waals surface area contributed by atoms with Gasteiger partial charge in [-0.15, -0.1) is 0 Å². The predicted octanol–water partition coefficient (Wildman–Crippen LogP) is 6.78. The van der Waals surface area contributed by atoms with Crippen molar-refractivity contribution in [3.05, 3.63) is 89.5 Å². The number of H-pyrrole nitrogens is 1. The molecule has 2 N–H and O–H groups in total. The summed E-state index contributed by atoms with van der Waals surface area (Å²) in [5, 5.41) is 12.2. The van der Waals surface area contributed by atoms with Crippen molar-refractivity contribution in [3.8, 4) is 5.88 Å². The molecular weight excluding hydrogens is 497 g/mol. The number of rotatable bonds is 12. The second kappa shape index (κ2) is 12.5. The van der Waals surface area contributed by atoms with E-state index < -0.39 is 7.60 Å². The monoisotopic (exact) mass is 533 g/mol. The van der Waals surface area contributed by atoms with E-state index in [0.29, 0.717) is 27.5 Å². The molecule has 0 saturated heterocycles. The third-order valence-corrected chi connectivity index (χ3v) is 8.30. The molecule has 0 aliphatic rings. The number of aromatic hydroxyl groups is 1. The summed E-state index contributed by atoms with van der Waals surface area (Å²) < 4.78 is 24.7. The molecule has 4 aromatic rings. The highest BCUT2D eigenvalue weighted by Gasteiger charge is 2.28. The van der Waals surface area contributed by atoms with E-state index in [-0.39, 0.29) is 19.1 Å². The van der Waals surface area contributed by atoms with Gasteiger partial charge in [0.1, 0.15) is 0 Å². The molecule has 0 saturated carbocycles. The Bertz CT molecular complexity index is 1420. The van der Waals surface area contributed by atoms with E-state index in [1.165, 1.54) is 5.56 Å². The summed E-state index contributed by atoms with van der Waals surface area (Å²) in [6.07, 6.45) is 1.11. The van der Waals surface area contributed by atoms with Crippen LogP contribution in [0.5, 0.6) is 5.88 Å². The highest BCUT2D eigenvalue weighted by Crippen LogP contribution is 2.47. The first-order valence-corrected chi connectivity index (χ1v) is 14.6. The minimum atomic E-state index is -3.52. The molecule has 38 heavy (non-hydrogen) atoms. The van der Waals surface area contributed by atoms with Crippen molar-refractivity contribution in [2.24, 2.45) is 4.99 Å². The van der Waals surface area contributed by atoms with E-state index in [4.69, 9.17) is 14.0 Å². The van der Waals surface area contributed by atoms with Crippen LogP contribution in [0.25, 0.3) is 10.9 Å². The number of aromatic amines is 1. The first-order valence-electron chi connectivity index (χ1n) is 13.0. The molecule has 0 spiro atoms. The van der Waals surface area contributed by atoms with E-state index in [1.54, 1.807) is 32.0 Å². The van der Waals surface area contributed by atoms with Gasteiger partial charge in [0.05, 0.1) is 35.5 Å². The molecule has 3 aromatic carbocycles. The van der Waals surface area contributed by atoms with Crippen LogP contribution in [0.1, 0.15) is 43.9 Å². The van der Waals surface area contributed by atoms with Crippen LogP contribution >= 0.6 is 7.60 Å². The smallest absolute Gasteiger partial charge is 0.361 e. The fourth-order valence-electron chi connectivity index (χ4n) is 4.54. The minimum absolute atomic E-state index is 0.0137. The summed E-state index contributed by atoms with van der Waals surface area (Å²) in [5.41, 5.74) is 4.65. The zero-order valence-electron chi connectivity index (χ0n) is 22.5. The Kier molecular flexibility index (Phi) is 9.18. The minimum Gasteiger partial charge on any atom is -0.494 e. The van der Waals surface area contributed by atoms with Crippen LogP contribution in [0.15, 0.2) is 77.8 Å². The van der Waals surface area contributed by atoms with Crippen molar-refractivity contribution in [1.82, 2.24) is 9.88 Å². The van der Waals surface area contributed by atoms with Gasteiger partial charge < -0.3 is 24.0 Å². The molecule has 7 nitrogen and oxygen atoms in total. The molecule has 4 rings (SSSR count). The van der Waals surface area contributed by atoms with Gasteiger partial charge in [0.15, 0.2) is 5.88 Å². The van der Waals surface area contributed by atoms with Gasteiger partial charge in [-0.2, -0.15) is 0 Å². The Morgan fingerprint density at radius 2 is 1.66 bits per heavy atom. The first kappa shape index (κ1) is 27.8. The van der Waals surface area contributed by atoms with Crippen molar-refractivity contribution < 1.29 is 18.7 Å². The average Bonchev–Trinajstić information content (AvgIpc) is 3.24. The molecule has 0 aliphatic heterocycles. The van der Waals surface area contributed by atoms with Crippen LogP contribution in [-0.4, -0.2) is 47.5 Å². The van der Waals surface area contributed by atoms with Gasteiger partial charge in [0.2, 0.25) is 0 Å². The standard InChI is InChI=1S/C30H36N3O4P/c1-5-19-33(4)21-22-13-15-24(16-14-22)31-29(23-11-9-8-10-12-23)28-26-20-25(17-18-27(26)32-30(28)34)38(35,36-6-2)37-7-3/h8-18,20,32,34H,5-7,19,21H2,1-4H3. The van der Waals surface area contributed by atoms with Crippen molar-refractivity contribution >= 4 is 35.2 Å². The van der Waals surface area contributed by atoms with E-state index in [1.807, 2.05) is 42.5 Å². The third kappa shape index (κ3) is 6.25. The van der Waals surface area contributed by atoms with Crippen LogP contribution in [0.4, 0.5) is 5.69 Å². The Morgan fingerprint density at radius 3 is 2.29 bits per heavy atom. The number of nitrogens with one attached hydrogen (secondary N) is 1. The van der Waals surface area contributed by atoms with Gasteiger partial charge in [0.25, 0.3) is 0 Å². The zero-order valence-corrected chi connectivity index (χ0v) is 23.4. The SMILES string of the molecule is CCCN(C)Cc1ccc(N=C(c2ccccc2)c2c(O)[nH]c3ccc(P(=O)(OCC)OCC)cc23)cc1. The highest BCUT2D eigenvalue weighted by atomic mass is 31.2.